The van der Waals surface area contributed by atoms with Gasteiger partial charge in [-0.3, -0.25) is 9.29 Å². The predicted octanol–water partition coefficient (Wildman–Crippen LogP) is 3.16. The van der Waals surface area contributed by atoms with Gasteiger partial charge in [0, 0.05) is 18.2 Å². The molecule has 2 heterocycles. The highest BCUT2D eigenvalue weighted by molar-refractivity contribution is 7.92. The van der Waals surface area contributed by atoms with E-state index in [1.54, 1.807) is 37.0 Å². The fourth-order valence-electron chi connectivity index (χ4n) is 3.39. The molecule has 8 heteroatoms. The van der Waals surface area contributed by atoms with E-state index in [1.807, 2.05) is 18.2 Å². The van der Waals surface area contributed by atoms with Crippen molar-refractivity contribution in [3.63, 3.8) is 0 Å². The zero-order chi connectivity index (χ0) is 19.9. The zero-order valence-corrected chi connectivity index (χ0v) is 16.7. The number of nitrogens with zero attached hydrogens (tertiary/aromatic N) is 2. The Hall–Kier alpha value is -3.00. The van der Waals surface area contributed by atoms with E-state index in [2.05, 4.69) is 16.6 Å². The molecule has 1 aromatic heterocycles. The summed E-state index contributed by atoms with van der Waals surface area (Å²) in [5.74, 6) is 1.80. The number of aryl methyl sites for hydroxylation is 1. The predicted molar refractivity (Wildman–Crippen MR) is 106 cm³/mol. The van der Waals surface area contributed by atoms with Crippen LogP contribution < -0.4 is 14.2 Å². The van der Waals surface area contributed by atoms with Crippen LogP contribution in [0.15, 0.2) is 47.6 Å². The maximum atomic E-state index is 13.0. The summed E-state index contributed by atoms with van der Waals surface area (Å²) in [4.78, 5) is 4.32. The van der Waals surface area contributed by atoms with E-state index in [1.165, 1.54) is 6.20 Å². The SMILES string of the molecule is CCc1ccc(NS(=O)(=O)c2cnc3n2-c2cc(OC)c(OC)cc2C3)cc1. The van der Waals surface area contributed by atoms with Crippen LogP contribution in [0.5, 0.6) is 11.5 Å². The van der Waals surface area contributed by atoms with Gasteiger partial charge in [-0.1, -0.05) is 19.1 Å². The highest BCUT2D eigenvalue weighted by Gasteiger charge is 2.30. The van der Waals surface area contributed by atoms with Gasteiger partial charge in [-0.2, -0.15) is 8.42 Å². The third-order valence-electron chi connectivity index (χ3n) is 4.87. The lowest BCUT2D eigenvalue weighted by atomic mass is 10.1. The molecule has 1 aliphatic heterocycles. The molecule has 0 aliphatic carbocycles. The average Bonchev–Trinajstić information content (AvgIpc) is 3.26. The van der Waals surface area contributed by atoms with Gasteiger partial charge in [0.25, 0.3) is 10.0 Å². The molecule has 0 unspecified atom stereocenters. The molecule has 28 heavy (non-hydrogen) atoms. The monoisotopic (exact) mass is 399 g/mol. The van der Waals surface area contributed by atoms with Crippen molar-refractivity contribution in [3.05, 3.63) is 59.5 Å². The number of hydrogen-bond donors (Lipinski definition) is 1. The number of anilines is 1. The maximum absolute atomic E-state index is 13.0. The second-order valence-electron chi connectivity index (χ2n) is 6.52. The summed E-state index contributed by atoms with van der Waals surface area (Å²) in [6.45, 7) is 2.05. The highest BCUT2D eigenvalue weighted by Crippen LogP contribution is 2.38. The highest BCUT2D eigenvalue weighted by atomic mass is 32.2. The first-order chi connectivity index (χ1) is 13.5. The van der Waals surface area contributed by atoms with Gasteiger partial charge in [0.1, 0.15) is 5.82 Å². The number of hydrogen-bond acceptors (Lipinski definition) is 5. The summed E-state index contributed by atoms with van der Waals surface area (Å²) in [5, 5.41) is 0.0908. The Labute approximate surface area is 164 Å². The Morgan fingerprint density at radius 3 is 2.43 bits per heavy atom. The summed E-state index contributed by atoms with van der Waals surface area (Å²) in [7, 11) is -0.695. The minimum absolute atomic E-state index is 0.0908. The molecule has 0 saturated carbocycles. The maximum Gasteiger partial charge on any atom is 0.279 e. The Morgan fingerprint density at radius 1 is 1.11 bits per heavy atom. The van der Waals surface area contributed by atoms with Crippen molar-refractivity contribution in [2.24, 2.45) is 0 Å². The quantitative estimate of drug-likeness (QED) is 0.539. The summed E-state index contributed by atoms with van der Waals surface area (Å²) in [5.41, 5.74) is 3.32. The fraction of sp³-hybridized carbons (Fsp3) is 0.250. The van der Waals surface area contributed by atoms with Crippen molar-refractivity contribution in [3.8, 4) is 17.2 Å². The fourth-order valence-corrected chi connectivity index (χ4v) is 4.58. The average molecular weight is 399 g/mol. The normalized spacial score (nSPS) is 12.4. The van der Waals surface area contributed by atoms with Gasteiger partial charge in [0.05, 0.1) is 26.1 Å². The number of benzene rings is 2. The number of fused-ring (bicyclic) bond motifs is 3. The van der Waals surface area contributed by atoms with Crippen LogP contribution in [0.2, 0.25) is 0 Å². The van der Waals surface area contributed by atoms with Gasteiger partial charge in [-0.25, -0.2) is 4.98 Å². The number of imidazole rings is 1. The van der Waals surface area contributed by atoms with Crippen LogP contribution in [-0.4, -0.2) is 32.2 Å². The van der Waals surface area contributed by atoms with Crippen molar-refractivity contribution in [1.82, 2.24) is 9.55 Å². The minimum atomic E-state index is -3.81. The Morgan fingerprint density at radius 2 is 1.79 bits per heavy atom. The Balaban J connectivity index is 1.74. The number of aromatic nitrogens is 2. The van der Waals surface area contributed by atoms with E-state index in [4.69, 9.17) is 9.47 Å². The molecule has 4 rings (SSSR count). The van der Waals surface area contributed by atoms with Crippen molar-refractivity contribution in [2.45, 2.75) is 24.8 Å². The van der Waals surface area contributed by atoms with Crippen molar-refractivity contribution < 1.29 is 17.9 Å². The van der Waals surface area contributed by atoms with E-state index < -0.39 is 10.0 Å². The Kier molecular flexibility index (Phi) is 4.50. The summed E-state index contributed by atoms with van der Waals surface area (Å²) < 4.78 is 41.1. The first-order valence-electron chi connectivity index (χ1n) is 8.90. The number of ether oxygens (including phenoxy) is 2. The lowest BCUT2D eigenvalue weighted by Crippen LogP contribution is -2.16. The topological polar surface area (TPSA) is 82.5 Å². The molecule has 1 N–H and O–H groups in total. The summed E-state index contributed by atoms with van der Waals surface area (Å²) in [6.07, 6.45) is 2.80. The molecule has 3 aromatic rings. The lowest BCUT2D eigenvalue weighted by molar-refractivity contribution is 0.354. The molecule has 0 bridgehead atoms. The number of rotatable bonds is 6. The van der Waals surface area contributed by atoms with Gasteiger partial charge < -0.3 is 9.47 Å². The van der Waals surface area contributed by atoms with E-state index >= 15 is 0 Å². The summed E-state index contributed by atoms with van der Waals surface area (Å²) >= 11 is 0. The number of sulfonamides is 1. The molecule has 0 atom stereocenters. The molecule has 0 amide bonds. The molecule has 1 aliphatic rings. The standard InChI is InChI=1S/C20H21N3O4S/c1-4-13-5-7-15(8-6-13)22-28(24,25)20-12-21-19-10-14-9-17(26-2)18(27-3)11-16(14)23(19)20/h5-9,11-12,22H,4,10H2,1-3H3. The Bertz CT molecular complexity index is 1140. The van der Waals surface area contributed by atoms with Crippen LogP contribution in [-0.2, 0) is 22.9 Å². The molecule has 146 valence electrons. The van der Waals surface area contributed by atoms with E-state index in [0.29, 0.717) is 29.4 Å². The van der Waals surface area contributed by atoms with E-state index in [9.17, 15) is 8.42 Å². The van der Waals surface area contributed by atoms with Gasteiger partial charge >= 0.3 is 0 Å². The molecule has 0 spiro atoms. The van der Waals surface area contributed by atoms with Crippen molar-refractivity contribution in [2.75, 3.05) is 18.9 Å². The van der Waals surface area contributed by atoms with Crippen LogP contribution in [0.3, 0.4) is 0 Å². The molecule has 0 fully saturated rings. The first kappa shape index (κ1) is 18.4. The second kappa shape index (κ2) is 6.87. The zero-order valence-electron chi connectivity index (χ0n) is 15.9. The van der Waals surface area contributed by atoms with Crippen LogP contribution in [0, 0.1) is 0 Å². The molecular formula is C20H21N3O4S. The van der Waals surface area contributed by atoms with Crippen molar-refractivity contribution >= 4 is 15.7 Å². The van der Waals surface area contributed by atoms with Crippen LogP contribution in [0.1, 0.15) is 23.9 Å². The molecular weight excluding hydrogens is 378 g/mol. The van der Waals surface area contributed by atoms with Gasteiger partial charge in [-0.05, 0) is 35.7 Å². The van der Waals surface area contributed by atoms with Crippen molar-refractivity contribution in [1.29, 1.82) is 0 Å². The lowest BCUT2D eigenvalue weighted by Gasteiger charge is -2.13. The number of nitrogens with one attached hydrogen (secondary N) is 1. The molecule has 2 aromatic carbocycles. The largest absolute Gasteiger partial charge is 0.493 e. The van der Waals surface area contributed by atoms with E-state index in [-0.39, 0.29) is 5.03 Å². The van der Waals surface area contributed by atoms with E-state index in [0.717, 1.165) is 23.2 Å². The number of methoxy groups -OCH3 is 2. The second-order valence-corrected chi connectivity index (χ2v) is 8.15. The molecule has 0 radical (unpaired) electrons. The third kappa shape index (κ3) is 2.99. The van der Waals surface area contributed by atoms with Crippen LogP contribution >= 0.6 is 0 Å². The van der Waals surface area contributed by atoms with Gasteiger partial charge in [-0.15, -0.1) is 0 Å². The summed E-state index contributed by atoms with van der Waals surface area (Å²) in [6, 6.07) is 11.0. The minimum Gasteiger partial charge on any atom is -0.493 e. The van der Waals surface area contributed by atoms with Gasteiger partial charge in [0.15, 0.2) is 16.5 Å². The molecule has 7 nitrogen and oxygen atoms in total. The first-order valence-corrected chi connectivity index (χ1v) is 10.4. The van der Waals surface area contributed by atoms with Gasteiger partial charge in [0.2, 0.25) is 0 Å². The van der Waals surface area contributed by atoms with Crippen LogP contribution in [0.4, 0.5) is 5.69 Å². The smallest absolute Gasteiger partial charge is 0.279 e. The van der Waals surface area contributed by atoms with Crippen LogP contribution in [0.25, 0.3) is 5.69 Å². The third-order valence-corrected chi connectivity index (χ3v) is 6.21. The molecule has 0 saturated heterocycles.